The number of pyridine rings is 1. The van der Waals surface area contributed by atoms with E-state index in [4.69, 9.17) is 0 Å². The number of anilines is 1. The van der Waals surface area contributed by atoms with E-state index in [2.05, 4.69) is 10.3 Å². The Balaban J connectivity index is 1.89. The van der Waals surface area contributed by atoms with Crippen molar-refractivity contribution in [3.8, 4) is 0 Å². The van der Waals surface area contributed by atoms with Crippen molar-refractivity contribution in [3.63, 3.8) is 0 Å². The zero-order valence-electron chi connectivity index (χ0n) is 11.0. The Morgan fingerprint density at radius 2 is 1.95 bits per heavy atom. The fourth-order valence-corrected chi connectivity index (χ4v) is 2.45. The Labute approximate surface area is 118 Å². The molecule has 1 heterocycles. The van der Waals surface area contributed by atoms with Gasteiger partial charge in [-0.1, -0.05) is 0 Å². The molecule has 6 heteroatoms. The summed E-state index contributed by atoms with van der Waals surface area (Å²) in [4.78, 5) is 26.7. The first-order chi connectivity index (χ1) is 10.0. The average Bonchev–Trinajstić information content (AvgIpc) is 2.89. The van der Waals surface area contributed by atoms with Gasteiger partial charge in [0.15, 0.2) is 11.6 Å². The van der Waals surface area contributed by atoms with Gasteiger partial charge in [-0.25, -0.2) is 8.78 Å². The second-order valence-corrected chi connectivity index (χ2v) is 4.95. The zero-order valence-corrected chi connectivity index (χ0v) is 11.0. The van der Waals surface area contributed by atoms with Crippen LogP contribution in [0.2, 0.25) is 0 Å². The van der Waals surface area contributed by atoms with Gasteiger partial charge >= 0.3 is 0 Å². The fraction of sp³-hybridized carbons (Fsp3) is 0.200. The molecule has 0 saturated carbocycles. The SMILES string of the molecule is O=C(Nc1ccc(F)c(F)c1)c1cc2c([nH]c1=O)CCC2. The second kappa shape index (κ2) is 5.12. The van der Waals surface area contributed by atoms with E-state index < -0.39 is 23.1 Å². The third-order valence-corrected chi connectivity index (χ3v) is 3.51. The number of hydrogen-bond acceptors (Lipinski definition) is 2. The van der Waals surface area contributed by atoms with Gasteiger partial charge in [0, 0.05) is 17.4 Å². The molecule has 0 radical (unpaired) electrons. The first kappa shape index (κ1) is 13.5. The Bertz CT molecular complexity index is 784. The standard InChI is InChI=1S/C15H12F2N2O2/c16-11-5-4-9(7-12(11)17)18-14(20)10-6-8-2-1-3-13(8)19-15(10)21/h4-7H,1-3H2,(H,18,20)(H,19,21). The molecule has 0 saturated heterocycles. The molecule has 0 fully saturated rings. The molecule has 4 nitrogen and oxygen atoms in total. The van der Waals surface area contributed by atoms with Crippen LogP contribution in [-0.2, 0) is 12.8 Å². The highest BCUT2D eigenvalue weighted by atomic mass is 19.2. The maximum Gasteiger partial charge on any atom is 0.261 e. The van der Waals surface area contributed by atoms with Crippen LogP contribution in [0.3, 0.4) is 0 Å². The van der Waals surface area contributed by atoms with Gasteiger partial charge in [-0.05, 0) is 43.0 Å². The molecule has 1 aromatic carbocycles. The highest BCUT2D eigenvalue weighted by molar-refractivity contribution is 6.04. The van der Waals surface area contributed by atoms with Gasteiger partial charge in [0.2, 0.25) is 0 Å². The van der Waals surface area contributed by atoms with Crippen molar-refractivity contribution in [2.45, 2.75) is 19.3 Å². The van der Waals surface area contributed by atoms with Crippen molar-refractivity contribution in [3.05, 3.63) is 63.1 Å². The lowest BCUT2D eigenvalue weighted by atomic mass is 10.1. The molecule has 108 valence electrons. The van der Waals surface area contributed by atoms with Crippen LogP contribution in [0.25, 0.3) is 0 Å². The van der Waals surface area contributed by atoms with Crippen molar-refractivity contribution < 1.29 is 13.6 Å². The number of fused-ring (bicyclic) bond motifs is 1. The van der Waals surface area contributed by atoms with E-state index in [0.29, 0.717) is 0 Å². The first-order valence-electron chi connectivity index (χ1n) is 6.56. The molecule has 3 rings (SSSR count). The van der Waals surface area contributed by atoms with Crippen molar-refractivity contribution in [2.75, 3.05) is 5.32 Å². The summed E-state index contributed by atoms with van der Waals surface area (Å²) in [6, 6.07) is 4.58. The predicted octanol–water partition coefficient (Wildman–Crippen LogP) is 2.39. The number of amides is 1. The summed E-state index contributed by atoms with van der Waals surface area (Å²) in [6.45, 7) is 0. The van der Waals surface area contributed by atoms with E-state index in [0.717, 1.165) is 42.7 Å². The highest BCUT2D eigenvalue weighted by Gasteiger charge is 2.18. The number of rotatable bonds is 2. The Kier molecular flexibility index (Phi) is 3.29. The third kappa shape index (κ3) is 2.56. The van der Waals surface area contributed by atoms with Crippen molar-refractivity contribution in [1.29, 1.82) is 0 Å². The molecule has 0 atom stereocenters. The molecule has 2 N–H and O–H groups in total. The van der Waals surface area contributed by atoms with E-state index in [-0.39, 0.29) is 11.3 Å². The number of halogens is 2. The molecule has 2 aromatic rings. The number of nitrogens with one attached hydrogen (secondary N) is 2. The van der Waals surface area contributed by atoms with Gasteiger partial charge in [0.1, 0.15) is 5.56 Å². The van der Waals surface area contributed by atoms with Gasteiger partial charge in [-0.2, -0.15) is 0 Å². The topological polar surface area (TPSA) is 62.0 Å². The molecule has 0 unspecified atom stereocenters. The summed E-state index contributed by atoms with van der Waals surface area (Å²) in [5, 5.41) is 2.39. The molecule has 0 spiro atoms. The molecule has 1 aliphatic carbocycles. The summed E-state index contributed by atoms with van der Waals surface area (Å²) in [7, 11) is 0. The molecule has 1 aromatic heterocycles. The lowest BCUT2D eigenvalue weighted by molar-refractivity contribution is 0.102. The summed E-state index contributed by atoms with van der Waals surface area (Å²) in [5.41, 5.74) is 1.41. The highest BCUT2D eigenvalue weighted by Crippen LogP contribution is 2.19. The molecular weight excluding hydrogens is 278 g/mol. The minimum absolute atomic E-state index is 0.0274. The fourth-order valence-electron chi connectivity index (χ4n) is 2.45. The van der Waals surface area contributed by atoms with E-state index in [9.17, 15) is 18.4 Å². The summed E-state index contributed by atoms with van der Waals surface area (Å²) < 4.78 is 25.9. The van der Waals surface area contributed by atoms with Crippen LogP contribution in [0.4, 0.5) is 14.5 Å². The Morgan fingerprint density at radius 1 is 1.14 bits per heavy atom. The van der Waals surface area contributed by atoms with Gasteiger partial charge in [-0.15, -0.1) is 0 Å². The number of aryl methyl sites for hydroxylation is 2. The van der Waals surface area contributed by atoms with Crippen molar-refractivity contribution in [2.24, 2.45) is 0 Å². The Morgan fingerprint density at radius 3 is 2.71 bits per heavy atom. The largest absolute Gasteiger partial charge is 0.325 e. The van der Waals surface area contributed by atoms with Gasteiger partial charge in [-0.3, -0.25) is 9.59 Å². The summed E-state index contributed by atoms with van der Waals surface area (Å²) in [5.74, 6) is -2.70. The van der Waals surface area contributed by atoms with Crippen LogP contribution < -0.4 is 10.9 Å². The minimum atomic E-state index is -1.06. The van der Waals surface area contributed by atoms with Crippen molar-refractivity contribution in [1.82, 2.24) is 4.98 Å². The molecule has 1 amide bonds. The predicted molar refractivity (Wildman–Crippen MR) is 73.4 cm³/mol. The van der Waals surface area contributed by atoms with Gasteiger partial charge in [0.05, 0.1) is 0 Å². The smallest absolute Gasteiger partial charge is 0.261 e. The number of H-pyrrole nitrogens is 1. The van der Waals surface area contributed by atoms with Crippen LogP contribution in [0.1, 0.15) is 28.0 Å². The van der Waals surface area contributed by atoms with Crippen molar-refractivity contribution >= 4 is 11.6 Å². The van der Waals surface area contributed by atoms with Crippen LogP contribution >= 0.6 is 0 Å². The van der Waals surface area contributed by atoms with Gasteiger partial charge in [0.25, 0.3) is 11.5 Å². The maximum absolute atomic E-state index is 13.1. The summed E-state index contributed by atoms with van der Waals surface area (Å²) in [6.07, 6.45) is 2.56. The maximum atomic E-state index is 13.1. The second-order valence-electron chi connectivity index (χ2n) is 4.95. The first-order valence-corrected chi connectivity index (χ1v) is 6.56. The molecule has 0 aliphatic heterocycles. The van der Waals surface area contributed by atoms with Gasteiger partial charge < -0.3 is 10.3 Å². The van der Waals surface area contributed by atoms with E-state index >= 15 is 0 Å². The molecular formula is C15H12F2N2O2. The average molecular weight is 290 g/mol. The number of carbonyl (C=O) groups is 1. The number of carbonyl (C=O) groups excluding carboxylic acids is 1. The number of benzene rings is 1. The monoisotopic (exact) mass is 290 g/mol. The normalized spacial score (nSPS) is 13.0. The number of aromatic amines is 1. The number of aromatic nitrogens is 1. The summed E-state index contributed by atoms with van der Waals surface area (Å²) >= 11 is 0. The van der Waals surface area contributed by atoms with E-state index in [1.807, 2.05) is 0 Å². The van der Waals surface area contributed by atoms with Crippen LogP contribution in [0.5, 0.6) is 0 Å². The van der Waals surface area contributed by atoms with E-state index in [1.165, 1.54) is 6.07 Å². The lowest BCUT2D eigenvalue weighted by Gasteiger charge is -2.07. The molecule has 1 aliphatic rings. The van der Waals surface area contributed by atoms with Crippen LogP contribution in [-0.4, -0.2) is 10.9 Å². The minimum Gasteiger partial charge on any atom is -0.325 e. The lowest BCUT2D eigenvalue weighted by Crippen LogP contribution is -2.24. The molecule has 21 heavy (non-hydrogen) atoms. The van der Waals surface area contributed by atoms with Crippen LogP contribution in [0.15, 0.2) is 29.1 Å². The third-order valence-electron chi connectivity index (χ3n) is 3.51. The molecule has 0 bridgehead atoms. The quantitative estimate of drug-likeness (QED) is 0.892. The number of hydrogen-bond donors (Lipinski definition) is 2. The Hall–Kier alpha value is -2.50. The van der Waals surface area contributed by atoms with Crippen LogP contribution in [0, 0.1) is 11.6 Å². The zero-order chi connectivity index (χ0) is 15.0. The van der Waals surface area contributed by atoms with E-state index in [1.54, 1.807) is 6.07 Å².